The fourth-order valence-corrected chi connectivity index (χ4v) is 2.51. The van der Waals surface area contributed by atoms with E-state index in [4.69, 9.17) is 16.3 Å². The number of hydrogen-bond acceptors (Lipinski definition) is 2. The molecule has 1 aromatic heterocycles. The first kappa shape index (κ1) is 14.4. The van der Waals surface area contributed by atoms with Crippen molar-refractivity contribution >= 4 is 22.5 Å². The molecule has 2 rings (SSSR count). The van der Waals surface area contributed by atoms with Crippen LogP contribution in [-0.4, -0.2) is 24.8 Å². The molecule has 0 saturated carbocycles. The van der Waals surface area contributed by atoms with Crippen LogP contribution in [0.3, 0.4) is 0 Å². The van der Waals surface area contributed by atoms with Crippen molar-refractivity contribution < 1.29 is 4.74 Å². The van der Waals surface area contributed by atoms with Gasteiger partial charge in [0.1, 0.15) is 0 Å². The molecule has 0 aliphatic rings. The van der Waals surface area contributed by atoms with Gasteiger partial charge in [0.15, 0.2) is 0 Å². The summed E-state index contributed by atoms with van der Waals surface area (Å²) < 4.78 is 7.66. The Balaban J connectivity index is 2.23. The summed E-state index contributed by atoms with van der Waals surface area (Å²) in [6.45, 7) is 5.44. The van der Waals surface area contributed by atoms with E-state index >= 15 is 0 Å². The largest absolute Gasteiger partial charge is 0.382 e. The Kier molecular flexibility index (Phi) is 5.25. The number of halogens is 1. The highest BCUT2D eigenvalue weighted by Gasteiger charge is 2.08. The monoisotopic (exact) mass is 280 g/mol. The molecule has 4 heteroatoms. The third kappa shape index (κ3) is 3.50. The van der Waals surface area contributed by atoms with Crippen molar-refractivity contribution in [3.05, 3.63) is 35.0 Å². The first-order chi connectivity index (χ1) is 9.26. The van der Waals surface area contributed by atoms with Crippen LogP contribution < -0.4 is 5.32 Å². The minimum atomic E-state index is 0.781. The summed E-state index contributed by atoms with van der Waals surface area (Å²) in [6, 6.07) is 6.09. The molecule has 1 N–H and O–H groups in total. The van der Waals surface area contributed by atoms with Crippen LogP contribution in [0.1, 0.15) is 18.9 Å². The lowest BCUT2D eigenvalue weighted by Gasteiger charge is -2.05. The number of benzene rings is 1. The molecule has 0 fully saturated rings. The second kappa shape index (κ2) is 6.94. The molecule has 0 spiro atoms. The Labute approximate surface area is 119 Å². The van der Waals surface area contributed by atoms with Crippen LogP contribution in [0.25, 0.3) is 10.9 Å². The first-order valence-electron chi connectivity index (χ1n) is 6.76. The quantitative estimate of drug-likeness (QED) is 0.787. The maximum atomic E-state index is 6.11. The molecule has 0 atom stereocenters. The molecule has 0 bridgehead atoms. The molecule has 2 aromatic rings. The van der Waals surface area contributed by atoms with Crippen molar-refractivity contribution in [2.45, 2.75) is 26.4 Å². The van der Waals surface area contributed by atoms with E-state index in [9.17, 15) is 0 Å². The maximum Gasteiger partial charge on any atom is 0.0498 e. The second-order valence-electron chi connectivity index (χ2n) is 4.59. The van der Waals surface area contributed by atoms with Crippen molar-refractivity contribution in [2.24, 2.45) is 0 Å². The zero-order chi connectivity index (χ0) is 13.7. The fourth-order valence-electron chi connectivity index (χ4n) is 2.34. The van der Waals surface area contributed by atoms with Crippen molar-refractivity contribution in [1.29, 1.82) is 0 Å². The second-order valence-corrected chi connectivity index (χ2v) is 5.03. The molecule has 3 nitrogen and oxygen atoms in total. The topological polar surface area (TPSA) is 26.2 Å². The van der Waals surface area contributed by atoms with Gasteiger partial charge < -0.3 is 14.6 Å². The Morgan fingerprint density at radius 2 is 2.21 bits per heavy atom. The molecule has 19 heavy (non-hydrogen) atoms. The van der Waals surface area contributed by atoms with Crippen LogP contribution in [0.4, 0.5) is 0 Å². The van der Waals surface area contributed by atoms with Gasteiger partial charge in [-0.25, -0.2) is 0 Å². The molecule has 0 aliphatic carbocycles. The van der Waals surface area contributed by atoms with E-state index in [-0.39, 0.29) is 0 Å². The molecule has 0 aliphatic heterocycles. The van der Waals surface area contributed by atoms with Crippen LogP contribution >= 0.6 is 11.6 Å². The predicted molar refractivity (Wildman–Crippen MR) is 80.8 cm³/mol. The van der Waals surface area contributed by atoms with E-state index in [0.29, 0.717) is 0 Å². The number of hydrogen-bond donors (Lipinski definition) is 1. The highest BCUT2D eigenvalue weighted by molar-refractivity contribution is 6.31. The van der Waals surface area contributed by atoms with Gasteiger partial charge in [0.05, 0.1) is 0 Å². The maximum absolute atomic E-state index is 6.11. The molecule has 104 valence electrons. The normalized spacial score (nSPS) is 11.3. The Morgan fingerprint density at radius 3 is 2.95 bits per heavy atom. The van der Waals surface area contributed by atoms with E-state index in [1.807, 2.05) is 26.1 Å². The van der Waals surface area contributed by atoms with Gasteiger partial charge in [0.25, 0.3) is 0 Å². The highest BCUT2D eigenvalue weighted by Crippen LogP contribution is 2.25. The molecule has 1 heterocycles. The standard InChI is InChI=1S/C15H21ClN2O/c1-3-19-8-4-7-18-11-12(10-17-2)14-6-5-13(16)9-15(14)18/h5-6,9,11,17H,3-4,7-8,10H2,1-2H3. The first-order valence-corrected chi connectivity index (χ1v) is 7.13. The highest BCUT2D eigenvalue weighted by atomic mass is 35.5. The number of nitrogens with one attached hydrogen (secondary N) is 1. The molecular weight excluding hydrogens is 260 g/mol. The third-order valence-electron chi connectivity index (χ3n) is 3.19. The van der Waals surface area contributed by atoms with Crippen molar-refractivity contribution in [2.75, 3.05) is 20.3 Å². The average Bonchev–Trinajstić information content (AvgIpc) is 2.73. The minimum Gasteiger partial charge on any atom is -0.382 e. The Morgan fingerprint density at radius 1 is 1.37 bits per heavy atom. The van der Waals surface area contributed by atoms with Crippen LogP contribution in [0.15, 0.2) is 24.4 Å². The summed E-state index contributed by atoms with van der Waals surface area (Å²) in [7, 11) is 1.97. The molecular formula is C15H21ClN2O. The van der Waals surface area contributed by atoms with Crippen LogP contribution in [0.5, 0.6) is 0 Å². The number of rotatable bonds is 7. The summed E-state index contributed by atoms with van der Waals surface area (Å²) in [6.07, 6.45) is 3.23. The Hall–Kier alpha value is -1.03. The van der Waals surface area contributed by atoms with E-state index in [0.717, 1.165) is 37.7 Å². The summed E-state index contributed by atoms with van der Waals surface area (Å²) in [5.74, 6) is 0. The smallest absolute Gasteiger partial charge is 0.0498 e. The lowest BCUT2D eigenvalue weighted by molar-refractivity contribution is 0.142. The summed E-state index contributed by atoms with van der Waals surface area (Å²) >= 11 is 6.11. The SMILES string of the molecule is CCOCCCn1cc(CNC)c2ccc(Cl)cc21. The summed E-state index contributed by atoms with van der Waals surface area (Å²) in [5, 5.41) is 5.27. The Bertz CT molecular complexity index is 536. The van der Waals surface area contributed by atoms with Gasteiger partial charge in [-0.2, -0.15) is 0 Å². The van der Waals surface area contributed by atoms with E-state index in [1.165, 1.54) is 16.5 Å². The lowest BCUT2D eigenvalue weighted by Crippen LogP contribution is -2.04. The third-order valence-corrected chi connectivity index (χ3v) is 3.42. The fraction of sp³-hybridized carbons (Fsp3) is 0.467. The summed E-state index contributed by atoms with van der Waals surface area (Å²) in [4.78, 5) is 0. The number of ether oxygens (including phenoxy) is 1. The van der Waals surface area contributed by atoms with E-state index in [1.54, 1.807) is 0 Å². The van der Waals surface area contributed by atoms with Gasteiger partial charge in [-0.1, -0.05) is 17.7 Å². The van der Waals surface area contributed by atoms with Crippen LogP contribution in [-0.2, 0) is 17.8 Å². The van der Waals surface area contributed by atoms with Gasteiger partial charge in [-0.15, -0.1) is 0 Å². The lowest BCUT2D eigenvalue weighted by atomic mass is 10.2. The van der Waals surface area contributed by atoms with Gasteiger partial charge >= 0.3 is 0 Å². The number of aryl methyl sites for hydroxylation is 1. The number of nitrogens with zero attached hydrogens (tertiary/aromatic N) is 1. The van der Waals surface area contributed by atoms with Gasteiger partial charge in [-0.3, -0.25) is 0 Å². The number of fused-ring (bicyclic) bond motifs is 1. The van der Waals surface area contributed by atoms with Crippen LogP contribution in [0, 0.1) is 0 Å². The van der Waals surface area contributed by atoms with Crippen molar-refractivity contribution in [3.63, 3.8) is 0 Å². The molecule has 0 radical (unpaired) electrons. The molecule has 0 amide bonds. The number of aromatic nitrogens is 1. The average molecular weight is 281 g/mol. The predicted octanol–water partition coefficient (Wildman–Crippen LogP) is 3.44. The zero-order valence-corrected chi connectivity index (χ0v) is 12.3. The minimum absolute atomic E-state index is 0.781. The molecule has 0 unspecified atom stereocenters. The molecule has 1 aromatic carbocycles. The van der Waals surface area contributed by atoms with Crippen molar-refractivity contribution in [3.8, 4) is 0 Å². The zero-order valence-electron chi connectivity index (χ0n) is 11.6. The molecule has 0 saturated heterocycles. The van der Waals surface area contributed by atoms with Gasteiger partial charge in [0.2, 0.25) is 0 Å². The van der Waals surface area contributed by atoms with Gasteiger partial charge in [-0.05, 0) is 38.1 Å². The van der Waals surface area contributed by atoms with E-state index < -0.39 is 0 Å². The summed E-state index contributed by atoms with van der Waals surface area (Å²) in [5.41, 5.74) is 2.51. The van der Waals surface area contributed by atoms with Crippen molar-refractivity contribution in [1.82, 2.24) is 9.88 Å². The van der Waals surface area contributed by atoms with E-state index in [2.05, 4.69) is 22.1 Å². The van der Waals surface area contributed by atoms with Gasteiger partial charge in [0, 0.05) is 48.4 Å². The van der Waals surface area contributed by atoms with Crippen LogP contribution in [0.2, 0.25) is 5.02 Å².